The van der Waals surface area contributed by atoms with Gasteiger partial charge < -0.3 is 24.3 Å². The third kappa shape index (κ3) is 4.62. The van der Waals surface area contributed by atoms with Gasteiger partial charge in [-0.15, -0.1) is 0 Å². The van der Waals surface area contributed by atoms with Crippen LogP contribution in [-0.4, -0.2) is 43.0 Å². The molecule has 9 nitrogen and oxygen atoms in total. The molecule has 2 unspecified atom stereocenters. The second kappa shape index (κ2) is 9.93. The van der Waals surface area contributed by atoms with E-state index in [-0.39, 0.29) is 36.5 Å². The van der Waals surface area contributed by atoms with Crippen LogP contribution in [0.15, 0.2) is 24.3 Å². The van der Waals surface area contributed by atoms with Gasteiger partial charge in [0.2, 0.25) is 18.0 Å². The SMILES string of the molecule is COc1ccc(CNC(=O)CCC(=O)O[C@@H]2O[C@@H]3OC4(C)CC[C@H]5[C@H](C)CC[C@@H]([C@H]2C)C35OO4)cc1. The minimum Gasteiger partial charge on any atom is -0.497 e. The molecule has 1 spiro atoms. The summed E-state index contributed by atoms with van der Waals surface area (Å²) in [7, 11) is 1.61. The van der Waals surface area contributed by atoms with E-state index in [1.807, 2.05) is 38.1 Å². The molecule has 1 aromatic rings. The second-order valence-electron chi connectivity index (χ2n) is 10.9. The number of methoxy groups -OCH3 is 1. The lowest BCUT2D eigenvalue weighted by molar-refractivity contribution is -0.576. The molecule has 1 saturated carbocycles. The molecule has 2 bridgehead atoms. The van der Waals surface area contributed by atoms with Crippen molar-refractivity contribution in [3.05, 3.63) is 29.8 Å². The summed E-state index contributed by atoms with van der Waals surface area (Å²) < 4.78 is 23.5. The number of rotatable bonds is 7. The summed E-state index contributed by atoms with van der Waals surface area (Å²) in [5, 5.41) is 2.83. The maximum atomic E-state index is 12.7. The Balaban J connectivity index is 1.17. The summed E-state index contributed by atoms with van der Waals surface area (Å²) in [4.78, 5) is 36.9. The van der Waals surface area contributed by atoms with Gasteiger partial charge in [-0.1, -0.05) is 26.0 Å². The van der Waals surface area contributed by atoms with Crippen LogP contribution in [0.2, 0.25) is 0 Å². The average molecular weight is 504 g/mol. The zero-order chi connectivity index (χ0) is 25.5. The van der Waals surface area contributed by atoms with E-state index in [1.54, 1.807) is 7.11 Å². The lowest BCUT2D eigenvalue weighted by Gasteiger charge is -2.59. The highest BCUT2D eigenvalue weighted by Gasteiger charge is 2.69. The van der Waals surface area contributed by atoms with E-state index in [0.29, 0.717) is 12.5 Å². The van der Waals surface area contributed by atoms with Crippen molar-refractivity contribution in [3.63, 3.8) is 0 Å². The molecule has 36 heavy (non-hydrogen) atoms. The maximum absolute atomic E-state index is 12.7. The van der Waals surface area contributed by atoms with E-state index >= 15 is 0 Å². The topological polar surface area (TPSA) is 102 Å². The van der Waals surface area contributed by atoms with Gasteiger partial charge in [-0.05, 0) is 55.7 Å². The standard InChI is InChI=1S/C27H37NO8/c1-16-5-10-21-17(2)24(33-25-27(21)20(16)13-14-26(3,34-25)35-36-27)32-23(30)12-11-22(29)28-15-18-6-8-19(31-4)9-7-18/h6-9,16-17,20-21,24-25H,5,10-15H2,1-4H3,(H,28,29)/t16-,17-,20+,21+,24-,25-,26?,27?/m1/s1. The van der Waals surface area contributed by atoms with Crippen LogP contribution in [0.25, 0.3) is 0 Å². The maximum Gasteiger partial charge on any atom is 0.308 e. The molecule has 9 heteroatoms. The van der Waals surface area contributed by atoms with E-state index in [2.05, 4.69) is 12.2 Å². The molecule has 1 amide bonds. The summed E-state index contributed by atoms with van der Waals surface area (Å²) in [6.45, 7) is 6.53. The number of hydrogen-bond acceptors (Lipinski definition) is 8. The number of carbonyl (C=O) groups is 2. The molecule has 1 aromatic carbocycles. The highest BCUT2D eigenvalue weighted by molar-refractivity contribution is 5.81. The van der Waals surface area contributed by atoms with Crippen molar-refractivity contribution in [1.82, 2.24) is 5.32 Å². The molecule has 5 aliphatic rings. The van der Waals surface area contributed by atoms with E-state index in [4.69, 9.17) is 28.7 Å². The van der Waals surface area contributed by atoms with Crippen LogP contribution in [0, 0.1) is 23.7 Å². The summed E-state index contributed by atoms with van der Waals surface area (Å²) in [5.41, 5.74) is 0.250. The Bertz CT molecular complexity index is 969. The monoisotopic (exact) mass is 503 g/mol. The Labute approximate surface area is 212 Å². The zero-order valence-corrected chi connectivity index (χ0v) is 21.5. The Morgan fingerprint density at radius 1 is 1.06 bits per heavy atom. The van der Waals surface area contributed by atoms with Crippen molar-refractivity contribution in [2.24, 2.45) is 23.7 Å². The predicted octanol–water partition coefficient (Wildman–Crippen LogP) is 3.84. The highest BCUT2D eigenvalue weighted by atomic mass is 17.3. The van der Waals surface area contributed by atoms with Crippen molar-refractivity contribution >= 4 is 11.9 Å². The number of carbonyl (C=O) groups excluding carboxylic acids is 2. The molecule has 6 rings (SSSR count). The average Bonchev–Trinajstić information content (AvgIpc) is 3.10. The van der Waals surface area contributed by atoms with Crippen molar-refractivity contribution in [2.45, 2.75) is 89.8 Å². The van der Waals surface area contributed by atoms with Gasteiger partial charge in [0.1, 0.15) is 5.75 Å². The quantitative estimate of drug-likeness (QED) is 0.442. The van der Waals surface area contributed by atoms with Gasteiger partial charge in [-0.2, -0.15) is 0 Å². The van der Waals surface area contributed by atoms with Crippen molar-refractivity contribution in [2.75, 3.05) is 7.11 Å². The molecule has 4 saturated heterocycles. The summed E-state index contributed by atoms with van der Waals surface area (Å²) in [6, 6.07) is 7.45. The molecule has 0 aromatic heterocycles. The predicted molar refractivity (Wildman–Crippen MR) is 127 cm³/mol. The van der Waals surface area contributed by atoms with Crippen molar-refractivity contribution in [1.29, 1.82) is 0 Å². The first-order valence-corrected chi connectivity index (χ1v) is 13.0. The van der Waals surface area contributed by atoms with Crippen molar-refractivity contribution in [3.8, 4) is 5.75 Å². The van der Waals surface area contributed by atoms with Crippen LogP contribution < -0.4 is 10.1 Å². The van der Waals surface area contributed by atoms with Gasteiger partial charge in [0.25, 0.3) is 0 Å². The summed E-state index contributed by atoms with van der Waals surface area (Å²) >= 11 is 0. The molecular weight excluding hydrogens is 466 g/mol. The summed E-state index contributed by atoms with van der Waals surface area (Å²) in [5.74, 6) is -0.122. The second-order valence-corrected chi connectivity index (χ2v) is 10.9. The molecule has 8 atom stereocenters. The Morgan fingerprint density at radius 2 is 1.83 bits per heavy atom. The van der Waals surface area contributed by atoms with Gasteiger partial charge in [-0.3, -0.25) is 9.59 Å². The molecule has 4 heterocycles. The summed E-state index contributed by atoms with van der Waals surface area (Å²) in [6.07, 6.45) is 2.24. The fourth-order valence-electron chi connectivity index (χ4n) is 6.44. The smallest absolute Gasteiger partial charge is 0.308 e. The van der Waals surface area contributed by atoms with E-state index in [1.165, 1.54) is 0 Å². The molecule has 198 valence electrons. The minimum absolute atomic E-state index is 0.0284. The van der Waals surface area contributed by atoms with Crippen molar-refractivity contribution < 1.29 is 38.3 Å². The molecular formula is C27H37NO8. The third-order valence-corrected chi connectivity index (χ3v) is 8.55. The Morgan fingerprint density at radius 3 is 2.58 bits per heavy atom. The van der Waals surface area contributed by atoms with Gasteiger partial charge in [0, 0.05) is 31.2 Å². The van der Waals surface area contributed by atoms with Crippen LogP contribution >= 0.6 is 0 Å². The first kappa shape index (κ1) is 25.4. The highest BCUT2D eigenvalue weighted by Crippen LogP contribution is 2.60. The number of ether oxygens (including phenoxy) is 4. The zero-order valence-electron chi connectivity index (χ0n) is 21.5. The third-order valence-electron chi connectivity index (χ3n) is 8.55. The van der Waals surface area contributed by atoms with Gasteiger partial charge in [0.15, 0.2) is 11.9 Å². The van der Waals surface area contributed by atoms with E-state index in [0.717, 1.165) is 37.0 Å². The lowest BCUT2D eigenvalue weighted by Crippen LogP contribution is -2.70. The van der Waals surface area contributed by atoms with E-state index in [9.17, 15) is 9.59 Å². The number of esters is 1. The molecule has 1 aliphatic carbocycles. The number of benzene rings is 1. The number of nitrogens with one attached hydrogen (secondary N) is 1. The molecule has 4 aliphatic heterocycles. The first-order valence-electron chi connectivity index (χ1n) is 13.0. The fourth-order valence-corrected chi connectivity index (χ4v) is 6.44. The van der Waals surface area contributed by atoms with Crippen LogP contribution in [0.4, 0.5) is 0 Å². The van der Waals surface area contributed by atoms with Gasteiger partial charge >= 0.3 is 5.97 Å². The van der Waals surface area contributed by atoms with Crippen LogP contribution in [-0.2, 0) is 40.1 Å². The van der Waals surface area contributed by atoms with Crippen LogP contribution in [0.3, 0.4) is 0 Å². The number of amides is 1. The Hall–Kier alpha value is -2.20. The Kier molecular flexibility index (Phi) is 7.02. The minimum atomic E-state index is -0.880. The lowest BCUT2D eigenvalue weighted by atomic mass is 9.58. The van der Waals surface area contributed by atoms with E-state index < -0.39 is 29.9 Å². The van der Waals surface area contributed by atoms with Gasteiger partial charge in [-0.25, -0.2) is 9.78 Å². The molecule has 0 radical (unpaired) electrons. The number of hydrogen-bond donors (Lipinski definition) is 1. The van der Waals surface area contributed by atoms with Gasteiger partial charge in [0.05, 0.1) is 13.5 Å². The van der Waals surface area contributed by atoms with Crippen LogP contribution in [0.1, 0.15) is 64.9 Å². The molecule has 1 N–H and O–H groups in total. The van der Waals surface area contributed by atoms with Crippen LogP contribution in [0.5, 0.6) is 5.75 Å². The fraction of sp³-hybridized carbons (Fsp3) is 0.704. The normalized spacial score (nSPS) is 39.0. The number of fused-ring (bicyclic) bond motifs is 2. The first-order chi connectivity index (χ1) is 17.2. The largest absolute Gasteiger partial charge is 0.497 e. The molecule has 5 fully saturated rings.